The van der Waals surface area contributed by atoms with E-state index in [9.17, 15) is 0 Å². The highest BCUT2D eigenvalue weighted by molar-refractivity contribution is 8.01. The van der Waals surface area contributed by atoms with Gasteiger partial charge in [-0.05, 0) is 40.8 Å². The van der Waals surface area contributed by atoms with Gasteiger partial charge in [-0.1, -0.05) is 41.9 Å². The quantitative estimate of drug-likeness (QED) is 0.656. The van der Waals surface area contributed by atoms with Gasteiger partial charge in [-0.2, -0.15) is 5.26 Å². The predicted octanol–water partition coefficient (Wildman–Crippen LogP) is 5.18. The molecule has 112 valence electrons. The lowest BCUT2D eigenvalue weighted by atomic mass is 10.2. The van der Waals surface area contributed by atoms with Gasteiger partial charge in [0.1, 0.15) is 0 Å². The molecule has 0 radical (unpaired) electrons. The van der Waals surface area contributed by atoms with Gasteiger partial charge in [0.15, 0.2) is 0 Å². The van der Waals surface area contributed by atoms with E-state index < -0.39 is 0 Å². The molecule has 0 saturated carbocycles. The molecule has 22 heavy (non-hydrogen) atoms. The van der Waals surface area contributed by atoms with Crippen LogP contribution in [0.4, 0.5) is 0 Å². The standard InChI is InChI=1S/C18H16ClNOS/c19-18-4-1-3-17(11-18)13-21-9-2-10-22-14-16-7-5-15(12-20)6-8-16/h1-8,10-11H,9,13-14H2/b10-2-. The zero-order valence-corrected chi connectivity index (χ0v) is 13.6. The van der Waals surface area contributed by atoms with Crippen molar-refractivity contribution < 1.29 is 4.74 Å². The molecule has 0 heterocycles. The maximum absolute atomic E-state index is 8.73. The highest BCUT2D eigenvalue weighted by Gasteiger charge is 1.94. The van der Waals surface area contributed by atoms with Crippen LogP contribution in [0.2, 0.25) is 5.02 Å². The third-order valence-electron chi connectivity index (χ3n) is 2.90. The van der Waals surface area contributed by atoms with E-state index in [4.69, 9.17) is 21.6 Å². The minimum Gasteiger partial charge on any atom is -0.373 e. The molecule has 0 unspecified atom stereocenters. The molecular weight excluding hydrogens is 314 g/mol. The average molecular weight is 330 g/mol. The number of hydrogen-bond acceptors (Lipinski definition) is 3. The van der Waals surface area contributed by atoms with Crippen molar-refractivity contribution in [3.63, 3.8) is 0 Å². The second-order valence-corrected chi connectivity index (χ2v) is 5.97. The van der Waals surface area contributed by atoms with Crippen molar-refractivity contribution in [2.75, 3.05) is 6.61 Å². The first kappa shape index (κ1) is 16.6. The molecule has 0 atom stereocenters. The van der Waals surface area contributed by atoms with Crippen LogP contribution in [0, 0.1) is 11.3 Å². The van der Waals surface area contributed by atoms with Crippen LogP contribution in [-0.2, 0) is 17.1 Å². The predicted molar refractivity (Wildman–Crippen MR) is 92.7 cm³/mol. The molecule has 0 saturated heterocycles. The molecule has 0 N–H and O–H groups in total. The smallest absolute Gasteiger partial charge is 0.0991 e. The molecule has 2 aromatic carbocycles. The fourth-order valence-electron chi connectivity index (χ4n) is 1.80. The van der Waals surface area contributed by atoms with Crippen molar-refractivity contribution in [2.24, 2.45) is 0 Å². The number of ether oxygens (including phenoxy) is 1. The third-order valence-corrected chi connectivity index (χ3v) is 4.02. The maximum atomic E-state index is 8.73. The van der Waals surface area contributed by atoms with Crippen LogP contribution < -0.4 is 0 Å². The van der Waals surface area contributed by atoms with E-state index in [1.807, 2.05) is 60.0 Å². The molecule has 2 rings (SSSR count). The Labute approximate surface area is 140 Å². The molecule has 0 fully saturated rings. The number of rotatable bonds is 7. The minimum atomic E-state index is 0.561. The molecule has 4 heteroatoms. The van der Waals surface area contributed by atoms with E-state index in [1.165, 1.54) is 5.56 Å². The van der Waals surface area contributed by atoms with Crippen LogP contribution in [0.1, 0.15) is 16.7 Å². The highest BCUT2D eigenvalue weighted by Crippen LogP contribution is 2.14. The molecule has 0 aliphatic heterocycles. The first-order valence-electron chi connectivity index (χ1n) is 6.86. The number of benzene rings is 2. The normalized spacial score (nSPS) is 10.7. The Kier molecular flexibility index (Phi) is 7.05. The Morgan fingerprint density at radius 3 is 2.68 bits per heavy atom. The lowest BCUT2D eigenvalue weighted by Gasteiger charge is -2.02. The number of halogens is 1. The number of hydrogen-bond donors (Lipinski definition) is 0. The van der Waals surface area contributed by atoms with Gasteiger partial charge in [0.05, 0.1) is 24.8 Å². The minimum absolute atomic E-state index is 0.561. The van der Waals surface area contributed by atoms with Crippen LogP contribution in [0.3, 0.4) is 0 Å². The van der Waals surface area contributed by atoms with Crippen molar-refractivity contribution in [1.29, 1.82) is 5.26 Å². The first-order valence-corrected chi connectivity index (χ1v) is 8.28. The van der Waals surface area contributed by atoms with Crippen molar-refractivity contribution in [3.8, 4) is 6.07 Å². The van der Waals surface area contributed by atoms with Gasteiger partial charge in [-0.3, -0.25) is 0 Å². The summed E-state index contributed by atoms with van der Waals surface area (Å²) in [6.07, 6.45) is 2.00. The molecule has 0 amide bonds. The summed E-state index contributed by atoms with van der Waals surface area (Å²) in [6.45, 7) is 1.14. The largest absolute Gasteiger partial charge is 0.373 e. The Morgan fingerprint density at radius 1 is 1.14 bits per heavy atom. The summed E-state index contributed by atoms with van der Waals surface area (Å²) >= 11 is 7.62. The molecule has 0 aliphatic rings. The summed E-state index contributed by atoms with van der Waals surface area (Å²) in [5, 5.41) is 11.5. The van der Waals surface area contributed by atoms with Gasteiger partial charge in [0.25, 0.3) is 0 Å². The number of thioether (sulfide) groups is 1. The van der Waals surface area contributed by atoms with Crippen LogP contribution in [0.15, 0.2) is 60.0 Å². The molecular formula is C18H16ClNOS. The lowest BCUT2D eigenvalue weighted by Crippen LogP contribution is -1.92. The molecule has 0 spiro atoms. The molecule has 2 aromatic rings. The van der Waals surface area contributed by atoms with Gasteiger partial charge in [-0.25, -0.2) is 0 Å². The Balaban J connectivity index is 1.63. The number of nitriles is 1. The molecule has 0 bridgehead atoms. The van der Waals surface area contributed by atoms with E-state index in [0.717, 1.165) is 16.3 Å². The van der Waals surface area contributed by atoms with Gasteiger partial charge in [0.2, 0.25) is 0 Å². The second kappa shape index (κ2) is 9.32. The Hall–Kier alpha value is -1.73. The fraction of sp³-hybridized carbons (Fsp3) is 0.167. The van der Waals surface area contributed by atoms with Crippen LogP contribution in [0.25, 0.3) is 0 Å². The summed E-state index contributed by atoms with van der Waals surface area (Å²) in [5.41, 5.74) is 2.97. The maximum Gasteiger partial charge on any atom is 0.0991 e. The topological polar surface area (TPSA) is 33.0 Å². The van der Waals surface area contributed by atoms with E-state index in [0.29, 0.717) is 18.8 Å². The van der Waals surface area contributed by atoms with Crippen LogP contribution >= 0.6 is 23.4 Å². The van der Waals surface area contributed by atoms with E-state index in [1.54, 1.807) is 11.8 Å². The first-order chi connectivity index (χ1) is 10.8. The lowest BCUT2D eigenvalue weighted by molar-refractivity contribution is 0.149. The Morgan fingerprint density at radius 2 is 1.95 bits per heavy atom. The second-order valence-electron chi connectivity index (χ2n) is 4.64. The van der Waals surface area contributed by atoms with Crippen molar-refractivity contribution in [1.82, 2.24) is 0 Å². The molecule has 0 aromatic heterocycles. The molecule has 0 aliphatic carbocycles. The summed E-state index contributed by atoms with van der Waals surface area (Å²) in [4.78, 5) is 0. The average Bonchev–Trinajstić information content (AvgIpc) is 2.54. The van der Waals surface area contributed by atoms with Gasteiger partial charge < -0.3 is 4.74 Å². The third kappa shape index (κ3) is 5.95. The van der Waals surface area contributed by atoms with Gasteiger partial charge >= 0.3 is 0 Å². The SMILES string of the molecule is N#Cc1ccc(CS/C=C\COCc2cccc(Cl)c2)cc1. The Bertz CT molecular complexity index is 662. The van der Waals surface area contributed by atoms with E-state index in [2.05, 4.69) is 6.07 Å². The summed E-state index contributed by atoms with van der Waals surface area (Å²) in [6, 6.07) is 17.4. The van der Waals surface area contributed by atoms with E-state index >= 15 is 0 Å². The van der Waals surface area contributed by atoms with E-state index in [-0.39, 0.29) is 0 Å². The summed E-state index contributed by atoms with van der Waals surface area (Å²) < 4.78 is 5.56. The summed E-state index contributed by atoms with van der Waals surface area (Å²) in [7, 11) is 0. The van der Waals surface area contributed by atoms with Crippen LogP contribution in [0.5, 0.6) is 0 Å². The zero-order valence-electron chi connectivity index (χ0n) is 12.0. The monoisotopic (exact) mass is 329 g/mol. The van der Waals surface area contributed by atoms with Crippen molar-refractivity contribution in [2.45, 2.75) is 12.4 Å². The summed E-state index contributed by atoms with van der Waals surface area (Å²) in [5.74, 6) is 0.885. The zero-order chi connectivity index (χ0) is 15.6. The van der Waals surface area contributed by atoms with Crippen molar-refractivity contribution in [3.05, 3.63) is 81.7 Å². The number of nitrogens with zero attached hydrogens (tertiary/aromatic N) is 1. The van der Waals surface area contributed by atoms with Gasteiger partial charge in [-0.15, -0.1) is 11.8 Å². The highest BCUT2D eigenvalue weighted by atomic mass is 35.5. The van der Waals surface area contributed by atoms with Crippen LogP contribution in [-0.4, -0.2) is 6.61 Å². The van der Waals surface area contributed by atoms with Crippen molar-refractivity contribution >= 4 is 23.4 Å². The molecule has 2 nitrogen and oxygen atoms in total. The van der Waals surface area contributed by atoms with Gasteiger partial charge in [0, 0.05) is 10.8 Å². The fourth-order valence-corrected chi connectivity index (χ4v) is 2.71.